The summed E-state index contributed by atoms with van der Waals surface area (Å²) in [6.07, 6.45) is 5.68. The summed E-state index contributed by atoms with van der Waals surface area (Å²) in [6.45, 7) is 7.01. The van der Waals surface area contributed by atoms with E-state index in [9.17, 15) is 0 Å². The molecule has 6 aromatic carbocycles. The normalized spacial score (nSPS) is 13.5. The minimum Gasteiger partial charge on any atom is -0.0617 e. The van der Waals surface area contributed by atoms with Gasteiger partial charge in [0.25, 0.3) is 0 Å². The number of hydrogen-bond donors (Lipinski definition) is 0. The smallest absolute Gasteiger partial charge is 0.00226 e. The summed E-state index contributed by atoms with van der Waals surface area (Å²) in [5.74, 6) is 0. The Morgan fingerprint density at radius 3 is 0.848 bits per heavy atom. The molecule has 0 heterocycles. The van der Waals surface area contributed by atoms with Gasteiger partial charge in [0.2, 0.25) is 0 Å². The number of hydrogen-bond acceptors (Lipinski definition) is 0. The molecular weight excluding hydrogens is 553 g/mol. The van der Waals surface area contributed by atoms with Crippen LogP contribution in [0.2, 0.25) is 0 Å². The Labute approximate surface area is 275 Å². The van der Waals surface area contributed by atoms with Crippen molar-refractivity contribution in [2.75, 3.05) is 0 Å². The monoisotopic (exact) mass is 596 g/mol. The lowest BCUT2D eigenvalue weighted by Crippen LogP contribution is -2.15. The third kappa shape index (κ3) is 7.40. The molecule has 228 valence electrons. The molecule has 0 amide bonds. The minimum absolute atomic E-state index is 0.0858. The van der Waals surface area contributed by atoms with E-state index in [1.54, 1.807) is 0 Å². The Morgan fingerprint density at radius 1 is 0.304 bits per heavy atom. The van der Waals surface area contributed by atoms with Crippen LogP contribution >= 0.6 is 0 Å². The van der Waals surface area contributed by atoms with Gasteiger partial charge >= 0.3 is 0 Å². The molecule has 46 heavy (non-hydrogen) atoms. The van der Waals surface area contributed by atoms with Crippen LogP contribution in [0.1, 0.15) is 93.1 Å². The topological polar surface area (TPSA) is 0 Å². The van der Waals surface area contributed by atoms with Crippen molar-refractivity contribution in [3.63, 3.8) is 0 Å². The molecule has 0 atom stereocenters. The molecule has 0 fully saturated rings. The maximum absolute atomic E-state index is 2.47. The number of rotatable bonds is 0. The van der Waals surface area contributed by atoms with Crippen molar-refractivity contribution in [1.29, 1.82) is 0 Å². The van der Waals surface area contributed by atoms with Gasteiger partial charge in [-0.15, -0.1) is 0 Å². The van der Waals surface area contributed by atoms with Gasteiger partial charge in [-0.25, -0.2) is 0 Å². The van der Waals surface area contributed by atoms with Gasteiger partial charge in [0.15, 0.2) is 0 Å². The molecule has 0 saturated carbocycles. The standard InChI is InChI=1S/C46H44/c1-46(2,3)45-20-19-43-30-41-16-7-15-39(28-41)26-37-12-5-11-35(24-37)22-33-9-4-10-34(21-33)23-36-13-6-14-38(25-36)27-40-17-8-18-42(29-40)31-44(45)32-43/h4-21,24-25,28-29,32H,22-23,26-27,30-31H2,1-3H3. The lowest BCUT2D eigenvalue weighted by Gasteiger charge is -2.24. The minimum atomic E-state index is 0.0858. The zero-order valence-electron chi connectivity index (χ0n) is 27.5. The molecule has 0 spiro atoms. The Morgan fingerprint density at radius 2 is 0.565 bits per heavy atom. The molecule has 6 aromatic rings. The molecule has 0 aromatic heterocycles. The molecule has 0 N–H and O–H groups in total. The third-order valence-corrected chi connectivity index (χ3v) is 9.37. The van der Waals surface area contributed by atoms with E-state index in [1.165, 1.54) is 72.3 Å². The Bertz CT molecular complexity index is 1980. The fraction of sp³-hybridized carbons (Fsp3) is 0.217. The largest absolute Gasteiger partial charge is 0.0617 e. The molecule has 7 rings (SSSR count). The average molecular weight is 597 g/mol. The first-order valence-corrected chi connectivity index (χ1v) is 16.8. The summed E-state index contributed by atoms with van der Waals surface area (Å²) in [5.41, 5.74) is 18.1. The Balaban J connectivity index is 1.28. The maximum atomic E-state index is 2.47. The highest BCUT2D eigenvalue weighted by atomic mass is 14.2. The van der Waals surface area contributed by atoms with Crippen LogP contribution in [0, 0.1) is 0 Å². The fourth-order valence-corrected chi connectivity index (χ4v) is 7.28. The van der Waals surface area contributed by atoms with Crippen molar-refractivity contribution < 1.29 is 0 Å². The van der Waals surface area contributed by atoms with Crippen molar-refractivity contribution in [3.05, 3.63) is 212 Å². The predicted molar refractivity (Wildman–Crippen MR) is 194 cm³/mol. The van der Waals surface area contributed by atoms with Crippen molar-refractivity contribution >= 4 is 0 Å². The van der Waals surface area contributed by atoms with E-state index >= 15 is 0 Å². The lowest BCUT2D eigenvalue weighted by molar-refractivity contribution is 0.584. The molecule has 0 heteroatoms. The zero-order chi connectivity index (χ0) is 31.5. The molecule has 0 aliphatic heterocycles. The molecule has 1 aliphatic carbocycles. The van der Waals surface area contributed by atoms with Gasteiger partial charge in [0, 0.05) is 0 Å². The van der Waals surface area contributed by atoms with Crippen LogP contribution in [0.25, 0.3) is 0 Å². The molecule has 1 aliphatic rings. The van der Waals surface area contributed by atoms with E-state index in [1.807, 2.05) is 0 Å². The van der Waals surface area contributed by atoms with Crippen LogP contribution in [0.4, 0.5) is 0 Å². The molecule has 0 saturated heterocycles. The summed E-state index contributed by atoms with van der Waals surface area (Å²) in [5, 5.41) is 0. The second-order valence-corrected chi connectivity index (χ2v) is 14.4. The second-order valence-electron chi connectivity index (χ2n) is 14.4. The zero-order valence-corrected chi connectivity index (χ0v) is 27.5. The van der Waals surface area contributed by atoms with Crippen LogP contribution < -0.4 is 0 Å². The summed E-state index contributed by atoms with van der Waals surface area (Å²) in [7, 11) is 0. The molecule has 0 radical (unpaired) electrons. The van der Waals surface area contributed by atoms with Crippen LogP contribution in [0.15, 0.2) is 140 Å². The third-order valence-electron chi connectivity index (χ3n) is 9.37. The van der Waals surface area contributed by atoms with E-state index in [2.05, 4.69) is 160 Å². The van der Waals surface area contributed by atoms with Crippen LogP contribution in [0.5, 0.6) is 0 Å². The van der Waals surface area contributed by atoms with E-state index < -0.39 is 0 Å². The van der Waals surface area contributed by atoms with Crippen molar-refractivity contribution in [2.45, 2.75) is 64.7 Å². The van der Waals surface area contributed by atoms with Gasteiger partial charge in [0.05, 0.1) is 0 Å². The second kappa shape index (κ2) is 13.0. The van der Waals surface area contributed by atoms with Gasteiger partial charge in [-0.1, -0.05) is 160 Å². The highest BCUT2D eigenvalue weighted by Gasteiger charge is 2.19. The summed E-state index contributed by atoms with van der Waals surface area (Å²) < 4.78 is 0. The summed E-state index contributed by atoms with van der Waals surface area (Å²) in [4.78, 5) is 0. The van der Waals surface area contributed by atoms with E-state index in [-0.39, 0.29) is 5.41 Å². The maximum Gasteiger partial charge on any atom is -0.00226 e. The van der Waals surface area contributed by atoms with Gasteiger partial charge in [-0.2, -0.15) is 0 Å². The Kier molecular flexibility index (Phi) is 8.46. The fourth-order valence-electron chi connectivity index (χ4n) is 7.28. The van der Waals surface area contributed by atoms with Crippen molar-refractivity contribution in [3.8, 4) is 0 Å². The van der Waals surface area contributed by atoms with Gasteiger partial charge < -0.3 is 0 Å². The van der Waals surface area contributed by atoms with E-state index in [0.29, 0.717) is 0 Å². The van der Waals surface area contributed by atoms with Gasteiger partial charge in [-0.05, 0) is 116 Å². The highest BCUT2D eigenvalue weighted by Crippen LogP contribution is 2.30. The first-order valence-electron chi connectivity index (χ1n) is 16.8. The van der Waals surface area contributed by atoms with Crippen LogP contribution in [0.3, 0.4) is 0 Å². The number of benzene rings is 6. The van der Waals surface area contributed by atoms with E-state index in [0.717, 1.165) is 38.5 Å². The summed E-state index contributed by atoms with van der Waals surface area (Å²) in [6, 6.07) is 53.2. The quantitative estimate of drug-likeness (QED) is 0.163. The van der Waals surface area contributed by atoms with Crippen molar-refractivity contribution in [2.24, 2.45) is 0 Å². The SMILES string of the molecule is CC(C)(C)c1ccc2cc1Cc1cccc(c1)Cc1cccc(c1)Cc1cccc(c1)Cc1cccc(c1)Cc1cccc(c1)C2. The van der Waals surface area contributed by atoms with Gasteiger partial charge in [-0.3, -0.25) is 0 Å². The molecular formula is C46H44. The van der Waals surface area contributed by atoms with Gasteiger partial charge in [0.1, 0.15) is 0 Å². The molecule has 0 unspecified atom stereocenters. The number of fused-ring (bicyclic) bond motifs is 12. The highest BCUT2D eigenvalue weighted by molar-refractivity contribution is 5.44. The van der Waals surface area contributed by atoms with E-state index in [4.69, 9.17) is 0 Å². The van der Waals surface area contributed by atoms with Crippen molar-refractivity contribution in [1.82, 2.24) is 0 Å². The lowest BCUT2D eigenvalue weighted by atomic mass is 9.81. The molecule has 12 bridgehead atoms. The first kappa shape index (κ1) is 30.0. The van der Waals surface area contributed by atoms with Crippen LogP contribution in [-0.2, 0) is 43.9 Å². The van der Waals surface area contributed by atoms with Crippen LogP contribution in [-0.4, -0.2) is 0 Å². The average Bonchev–Trinajstić information content (AvgIpc) is 3.01. The Hall–Kier alpha value is -4.68. The first-order chi connectivity index (χ1) is 22.3. The summed E-state index contributed by atoms with van der Waals surface area (Å²) >= 11 is 0. The predicted octanol–water partition coefficient (Wildman–Crippen LogP) is 10.8. The molecule has 0 nitrogen and oxygen atoms in total.